The van der Waals surface area contributed by atoms with Crippen LogP contribution in [0.5, 0.6) is 0 Å². The van der Waals surface area contributed by atoms with Gasteiger partial charge in [0.15, 0.2) is 0 Å². The summed E-state index contributed by atoms with van der Waals surface area (Å²) < 4.78 is 37.5. The molecule has 2 atom stereocenters. The molecule has 0 aromatic rings. The van der Waals surface area contributed by atoms with Crippen LogP contribution in [0.2, 0.25) is 0 Å². The van der Waals surface area contributed by atoms with Gasteiger partial charge in [0.1, 0.15) is 0 Å². The van der Waals surface area contributed by atoms with Crippen molar-refractivity contribution >= 4 is 18.3 Å². The van der Waals surface area contributed by atoms with Crippen molar-refractivity contribution in [2.45, 2.75) is 38.4 Å². The molecule has 0 radical (unpaired) electrons. The highest BCUT2D eigenvalue weighted by atomic mass is 35.5. The lowest BCUT2D eigenvalue weighted by atomic mass is 9.97. The number of halogens is 4. The Balaban J connectivity index is 0.00000256. The van der Waals surface area contributed by atoms with Crippen LogP contribution in [0.25, 0.3) is 0 Å². The van der Waals surface area contributed by atoms with Crippen LogP contribution in [-0.2, 0) is 4.79 Å². The fourth-order valence-electron chi connectivity index (χ4n) is 1.85. The van der Waals surface area contributed by atoms with E-state index in [2.05, 4.69) is 0 Å². The maximum absolute atomic E-state index is 12.5. The summed E-state index contributed by atoms with van der Waals surface area (Å²) in [6.07, 6.45) is -3.26. The van der Waals surface area contributed by atoms with Gasteiger partial charge in [-0.3, -0.25) is 4.79 Å². The lowest BCUT2D eigenvalue weighted by molar-refractivity contribution is -0.188. The maximum atomic E-state index is 12.5. The Hall–Kier alpha value is -0.490. The largest absolute Gasteiger partial charge is 0.393 e. The Kier molecular flexibility index (Phi) is 6.26. The number of alkyl halides is 3. The van der Waals surface area contributed by atoms with Gasteiger partial charge in [0.05, 0.1) is 12.0 Å². The number of carbonyl (C=O) groups is 1. The van der Waals surface area contributed by atoms with E-state index in [0.29, 0.717) is 19.4 Å². The smallest absolute Gasteiger partial charge is 0.341 e. The van der Waals surface area contributed by atoms with Gasteiger partial charge < -0.3 is 10.6 Å². The highest BCUT2D eigenvalue weighted by Crippen LogP contribution is 2.33. The Morgan fingerprint density at radius 1 is 1.53 bits per heavy atom. The second kappa shape index (κ2) is 6.44. The molecular formula is C10H18ClF3N2O. The second-order valence-electron chi connectivity index (χ2n) is 4.18. The molecule has 1 unspecified atom stereocenters. The molecule has 1 aliphatic heterocycles. The monoisotopic (exact) mass is 274 g/mol. The zero-order chi connectivity index (χ0) is 12.3. The first-order valence-corrected chi connectivity index (χ1v) is 5.47. The van der Waals surface area contributed by atoms with Crippen LogP contribution in [0, 0.1) is 5.92 Å². The second-order valence-corrected chi connectivity index (χ2v) is 4.18. The molecule has 0 aromatic carbocycles. The zero-order valence-corrected chi connectivity index (χ0v) is 10.5. The van der Waals surface area contributed by atoms with Gasteiger partial charge in [-0.1, -0.05) is 6.92 Å². The van der Waals surface area contributed by atoms with E-state index in [4.69, 9.17) is 5.73 Å². The molecule has 1 saturated heterocycles. The van der Waals surface area contributed by atoms with Gasteiger partial charge in [0.25, 0.3) is 0 Å². The van der Waals surface area contributed by atoms with Crippen molar-refractivity contribution < 1.29 is 18.0 Å². The van der Waals surface area contributed by atoms with E-state index in [0.717, 1.165) is 0 Å². The van der Waals surface area contributed by atoms with Gasteiger partial charge in [-0.05, 0) is 19.3 Å². The molecule has 0 aromatic heterocycles. The Labute approximate surface area is 105 Å². The summed E-state index contributed by atoms with van der Waals surface area (Å²) in [5.74, 6) is -1.76. The van der Waals surface area contributed by atoms with Crippen molar-refractivity contribution in [3.63, 3.8) is 0 Å². The molecule has 1 heterocycles. The summed E-state index contributed by atoms with van der Waals surface area (Å²) >= 11 is 0. The van der Waals surface area contributed by atoms with Crippen LogP contribution in [0.15, 0.2) is 0 Å². The molecule has 17 heavy (non-hydrogen) atoms. The first-order valence-electron chi connectivity index (χ1n) is 5.47. The Morgan fingerprint density at radius 2 is 2.12 bits per heavy atom. The van der Waals surface area contributed by atoms with Crippen LogP contribution in [0.1, 0.15) is 26.2 Å². The van der Waals surface area contributed by atoms with E-state index in [1.807, 2.05) is 0 Å². The van der Waals surface area contributed by atoms with Crippen molar-refractivity contribution in [3.8, 4) is 0 Å². The summed E-state index contributed by atoms with van der Waals surface area (Å²) in [5.41, 5.74) is 5.53. The van der Waals surface area contributed by atoms with Crippen LogP contribution >= 0.6 is 12.4 Å². The van der Waals surface area contributed by atoms with E-state index < -0.39 is 18.1 Å². The maximum Gasteiger partial charge on any atom is 0.393 e. The molecular weight excluding hydrogens is 257 g/mol. The van der Waals surface area contributed by atoms with E-state index in [1.165, 1.54) is 4.90 Å². The number of piperidine rings is 1. The molecule has 1 fully saturated rings. The van der Waals surface area contributed by atoms with Crippen molar-refractivity contribution in [2.75, 3.05) is 13.1 Å². The van der Waals surface area contributed by atoms with E-state index in [-0.39, 0.29) is 31.3 Å². The number of amides is 1. The van der Waals surface area contributed by atoms with E-state index in [9.17, 15) is 18.0 Å². The standard InChI is InChI=1S/C10H17F3N2O.ClH/c1-2-8(14)9(16)15-5-3-4-7(6-15)10(11,12)13;/h7-8H,2-6,14H2,1H3;1H/t7?,8-;/m0./s1. The van der Waals surface area contributed by atoms with Crippen LogP contribution in [0.3, 0.4) is 0 Å². The third kappa shape index (κ3) is 4.35. The Bertz CT molecular complexity index is 260. The lowest BCUT2D eigenvalue weighted by Crippen LogP contribution is -2.50. The van der Waals surface area contributed by atoms with E-state index >= 15 is 0 Å². The molecule has 102 valence electrons. The topological polar surface area (TPSA) is 46.3 Å². The summed E-state index contributed by atoms with van der Waals surface area (Å²) in [6.45, 7) is 1.89. The number of carbonyl (C=O) groups excluding carboxylic acids is 1. The number of hydrogen-bond acceptors (Lipinski definition) is 2. The minimum Gasteiger partial charge on any atom is -0.341 e. The summed E-state index contributed by atoms with van der Waals surface area (Å²) in [6, 6.07) is -0.674. The SMILES string of the molecule is CC[C@H](N)C(=O)N1CCCC(C(F)(F)F)C1.Cl. The molecule has 1 aliphatic rings. The molecule has 0 spiro atoms. The molecule has 0 saturated carbocycles. The van der Waals surface area contributed by atoms with Gasteiger partial charge >= 0.3 is 6.18 Å². The fourth-order valence-corrected chi connectivity index (χ4v) is 1.85. The van der Waals surface area contributed by atoms with Gasteiger partial charge in [-0.25, -0.2) is 0 Å². The minimum atomic E-state index is -4.21. The van der Waals surface area contributed by atoms with Crippen molar-refractivity contribution in [1.29, 1.82) is 0 Å². The fraction of sp³-hybridized carbons (Fsp3) is 0.900. The Morgan fingerprint density at radius 3 is 2.59 bits per heavy atom. The number of rotatable bonds is 2. The first kappa shape index (κ1) is 16.5. The van der Waals surface area contributed by atoms with Gasteiger partial charge in [0.2, 0.25) is 5.91 Å². The quantitative estimate of drug-likeness (QED) is 0.837. The van der Waals surface area contributed by atoms with E-state index in [1.54, 1.807) is 6.92 Å². The average Bonchev–Trinajstić information content (AvgIpc) is 2.26. The molecule has 7 heteroatoms. The molecule has 0 bridgehead atoms. The van der Waals surface area contributed by atoms with Crippen molar-refractivity contribution in [1.82, 2.24) is 4.90 Å². The van der Waals surface area contributed by atoms with Gasteiger partial charge in [-0.15, -0.1) is 12.4 Å². The third-order valence-corrected chi connectivity index (χ3v) is 2.95. The lowest BCUT2D eigenvalue weighted by Gasteiger charge is -2.34. The first-order chi connectivity index (χ1) is 7.36. The highest BCUT2D eigenvalue weighted by Gasteiger charge is 2.42. The number of nitrogens with two attached hydrogens (primary N) is 1. The van der Waals surface area contributed by atoms with Crippen LogP contribution < -0.4 is 5.73 Å². The predicted octanol–water partition coefficient (Wildman–Crippen LogP) is 1.95. The number of hydrogen-bond donors (Lipinski definition) is 1. The zero-order valence-electron chi connectivity index (χ0n) is 9.67. The highest BCUT2D eigenvalue weighted by molar-refractivity contribution is 5.85. The van der Waals surface area contributed by atoms with Crippen molar-refractivity contribution in [2.24, 2.45) is 11.7 Å². The molecule has 1 rings (SSSR count). The normalized spacial score (nSPS) is 22.9. The van der Waals surface area contributed by atoms with Crippen LogP contribution in [-0.4, -0.2) is 36.1 Å². The molecule has 3 nitrogen and oxygen atoms in total. The molecule has 0 aliphatic carbocycles. The number of nitrogens with zero attached hydrogens (tertiary/aromatic N) is 1. The van der Waals surface area contributed by atoms with Gasteiger partial charge in [-0.2, -0.15) is 13.2 Å². The minimum absolute atomic E-state index is 0. The summed E-state index contributed by atoms with van der Waals surface area (Å²) in [4.78, 5) is 12.9. The molecule has 1 amide bonds. The molecule has 2 N–H and O–H groups in total. The third-order valence-electron chi connectivity index (χ3n) is 2.95. The summed E-state index contributed by atoms with van der Waals surface area (Å²) in [5, 5.41) is 0. The van der Waals surface area contributed by atoms with Crippen LogP contribution in [0.4, 0.5) is 13.2 Å². The number of likely N-dealkylation sites (tertiary alicyclic amines) is 1. The van der Waals surface area contributed by atoms with Gasteiger partial charge in [0, 0.05) is 13.1 Å². The average molecular weight is 275 g/mol. The predicted molar refractivity (Wildman–Crippen MR) is 60.9 cm³/mol. The van der Waals surface area contributed by atoms with Crippen molar-refractivity contribution in [3.05, 3.63) is 0 Å². The summed E-state index contributed by atoms with van der Waals surface area (Å²) in [7, 11) is 0.